The van der Waals surface area contributed by atoms with Crippen LogP contribution in [0.15, 0.2) is 61.1 Å². The number of carbonyl (C=O) groups excluding carboxylic acids is 1. The minimum atomic E-state index is -0.417. The fraction of sp³-hybridized carbons (Fsp3) is 0. The topological polar surface area (TPSA) is 105 Å². The van der Waals surface area contributed by atoms with Crippen LogP contribution in [0.3, 0.4) is 0 Å². The number of anilines is 1. The molecule has 4 aromatic rings. The van der Waals surface area contributed by atoms with Crippen molar-refractivity contribution >= 4 is 34.4 Å². The molecular weight excluding hydrogens is 368 g/mol. The number of hydrogen-bond acceptors (Lipinski definition) is 6. The van der Waals surface area contributed by atoms with E-state index in [4.69, 9.17) is 11.6 Å². The Balaban J connectivity index is 1.61. The SMILES string of the molecule is O=C(NNc1ncnc2c1cnn2-c1cccc(Cl)c1)c1cccc(O)c1. The maximum Gasteiger partial charge on any atom is 0.269 e. The second-order valence-corrected chi connectivity index (χ2v) is 6.06. The van der Waals surface area contributed by atoms with Crippen LogP contribution < -0.4 is 10.9 Å². The van der Waals surface area contributed by atoms with Gasteiger partial charge in [0.1, 0.15) is 12.1 Å². The van der Waals surface area contributed by atoms with E-state index in [0.29, 0.717) is 27.4 Å². The molecule has 0 fully saturated rings. The number of hydrogen-bond donors (Lipinski definition) is 3. The molecule has 0 atom stereocenters. The molecule has 2 aromatic carbocycles. The molecule has 27 heavy (non-hydrogen) atoms. The van der Waals surface area contributed by atoms with Crippen LogP contribution >= 0.6 is 11.6 Å². The van der Waals surface area contributed by atoms with Gasteiger partial charge in [0.05, 0.1) is 17.3 Å². The van der Waals surface area contributed by atoms with Gasteiger partial charge in [-0.3, -0.25) is 15.6 Å². The van der Waals surface area contributed by atoms with Crippen molar-refractivity contribution in [1.29, 1.82) is 0 Å². The Morgan fingerprint density at radius 2 is 1.96 bits per heavy atom. The van der Waals surface area contributed by atoms with Gasteiger partial charge in [0, 0.05) is 10.6 Å². The fourth-order valence-electron chi connectivity index (χ4n) is 2.58. The number of nitrogens with one attached hydrogen (secondary N) is 2. The van der Waals surface area contributed by atoms with Crippen molar-refractivity contribution in [2.45, 2.75) is 0 Å². The summed E-state index contributed by atoms with van der Waals surface area (Å²) in [6.45, 7) is 0. The third-order valence-corrected chi connectivity index (χ3v) is 4.06. The van der Waals surface area contributed by atoms with Crippen molar-refractivity contribution in [3.8, 4) is 11.4 Å². The molecule has 0 saturated carbocycles. The highest BCUT2D eigenvalue weighted by Gasteiger charge is 2.12. The molecule has 0 aliphatic heterocycles. The Labute approximate surface area is 158 Å². The van der Waals surface area contributed by atoms with Gasteiger partial charge in [0.2, 0.25) is 0 Å². The molecule has 8 nitrogen and oxygen atoms in total. The number of benzene rings is 2. The van der Waals surface area contributed by atoms with Gasteiger partial charge in [-0.05, 0) is 36.4 Å². The number of carbonyl (C=O) groups is 1. The van der Waals surface area contributed by atoms with Crippen molar-refractivity contribution in [2.24, 2.45) is 0 Å². The molecule has 0 radical (unpaired) electrons. The second kappa shape index (κ2) is 6.93. The molecule has 0 saturated heterocycles. The Morgan fingerprint density at radius 1 is 1.11 bits per heavy atom. The van der Waals surface area contributed by atoms with E-state index in [1.807, 2.05) is 12.1 Å². The van der Waals surface area contributed by atoms with Crippen molar-refractivity contribution in [3.05, 3.63) is 71.6 Å². The summed E-state index contributed by atoms with van der Waals surface area (Å²) in [6.07, 6.45) is 2.97. The van der Waals surface area contributed by atoms with Crippen molar-refractivity contribution in [1.82, 2.24) is 25.2 Å². The Hall–Kier alpha value is -3.65. The number of phenolic OH excluding ortho intramolecular Hbond substituents is 1. The summed E-state index contributed by atoms with van der Waals surface area (Å²) in [6, 6.07) is 13.2. The normalized spacial score (nSPS) is 10.7. The molecule has 0 aliphatic rings. The first-order valence-electron chi connectivity index (χ1n) is 7.92. The Bertz CT molecular complexity index is 1140. The first-order valence-corrected chi connectivity index (χ1v) is 8.30. The number of halogens is 1. The minimum absolute atomic E-state index is 0.00914. The molecule has 9 heteroatoms. The largest absolute Gasteiger partial charge is 0.508 e. The number of fused-ring (bicyclic) bond motifs is 1. The van der Waals surface area contributed by atoms with E-state index in [1.54, 1.807) is 35.1 Å². The smallest absolute Gasteiger partial charge is 0.269 e. The van der Waals surface area contributed by atoms with Crippen LogP contribution in [0.4, 0.5) is 5.82 Å². The monoisotopic (exact) mass is 380 g/mol. The van der Waals surface area contributed by atoms with Crippen LogP contribution in [0, 0.1) is 0 Å². The van der Waals surface area contributed by atoms with Crippen molar-refractivity contribution in [3.63, 3.8) is 0 Å². The van der Waals surface area contributed by atoms with Crippen LogP contribution in [-0.4, -0.2) is 30.8 Å². The lowest BCUT2D eigenvalue weighted by Gasteiger charge is -2.09. The maximum atomic E-state index is 12.2. The summed E-state index contributed by atoms with van der Waals surface area (Å²) >= 11 is 6.05. The molecule has 1 amide bonds. The second-order valence-electron chi connectivity index (χ2n) is 5.63. The molecule has 0 spiro atoms. The van der Waals surface area contributed by atoms with Gasteiger partial charge >= 0.3 is 0 Å². The van der Waals surface area contributed by atoms with Crippen LogP contribution in [-0.2, 0) is 0 Å². The zero-order chi connectivity index (χ0) is 18.8. The molecule has 0 aliphatic carbocycles. The van der Waals surface area contributed by atoms with Gasteiger partial charge in [-0.15, -0.1) is 0 Å². The third kappa shape index (κ3) is 3.38. The number of hydrazine groups is 1. The molecule has 134 valence electrons. The van der Waals surface area contributed by atoms with Crippen LogP contribution in [0.2, 0.25) is 5.02 Å². The summed E-state index contributed by atoms with van der Waals surface area (Å²) in [5.74, 6) is -0.0171. The highest BCUT2D eigenvalue weighted by atomic mass is 35.5. The Kier molecular flexibility index (Phi) is 4.31. The number of rotatable bonds is 4. The first kappa shape index (κ1) is 16.8. The van der Waals surface area contributed by atoms with Crippen LogP contribution in [0.25, 0.3) is 16.7 Å². The highest BCUT2D eigenvalue weighted by molar-refractivity contribution is 6.30. The molecule has 2 aromatic heterocycles. The van der Waals surface area contributed by atoms with E-state index in [1.165, 1.54) is 18.5 Å². The highest BCUT2D eigenvalue weighted by Crippen LogP contribution is 2.22. The third-order valence-electron chi connectivity index (χ3n) is 3.82. The standard InChI is InChI=1S/C18H13ClN6O2/c19-12-4-2-5-13(8-12)25-17-15(9-22-25)16(20-10-21-17)23-24-18(27)11-3-1-6-14(26)7-11/h1-10,26H,(H,24,27)(H,20,21,23). The predicted molar refractivity (Wildman–Crippen MR) is 101 cm³/mol. The van der Waals surface area contributed by atoms with Crippen molar-refractivity contribution in [2.75, 3.05) is 5.43 Å². The zero-order valence-electron chi connectivity index (χ0n) is 13.8. The van der Waals surface area contributed by atoms with Crippen LogP contribution in [0.1, 0.15) is 10.4 Å². The van der Waals surface area contributed by atoms with Crippen molar-refractivity contribution < 1.29 is 9.90 Å². The van der Waals surface area contributed by atoms with Gasteiger partial charge in [0.25, 0.3) is 5.91 Å². The number of aromatic nitrogens is 4. The number of aromatic hydroxyl groups is 1. The van der Waals surface area contributed by atoms with Gasteiger partial charge in [-0.1, -0.05) is 23.7 Å². The van der Waals surface area contributed by atoms with Gasteiger partial charge in [-0.25, -0.2) is 14.6 Å². The molecule has 3 N–H and O–H groups in total. The van der Waals surface area contributed by atoms with Gasteiger partial charge in [0.15, 0.2) is 11.5 Å². The van der Waals surface area contributed by atoms with Crippen LogP contribution in [0.5, 0.6) is 5.75 Å². The molecular formula is C18H13ClN6O2. The van der Waals surface area contributed by atoms with Gasteiger partial charge in [-0.2, -0.15) is 5.10 Å². The lowest BCUT2D eigenvalue weighted by Crippen LogP contribution is -2.29. The molecule has 2 heterocycles. The quantitative estimate of drug-likeness (QED) is 0.470. The van der Waals surface area contributed by atoms with E-state index in [9.17, 15) is 9.90 Å². The first-order chi connectivity index (χ1) is 13.1. The predicted octanol–water partition coefficient (Wildman–Crippen LogP) is 2.93. The van der Waals surface area contributed by atoms with Gasteiger partial charge < -0.3 is 5.11 Å². The zero-order valence-corrected chi connectivity index (χ0v) is 14.6. The summed E-state index contributed by atoms with van der Waals surface area (Å²) in [5, 5.41) is 15.0. The summed E-state index contributed by atoms with van der Waals surface area (Å²) in [7, 11) is 0. The average molecular weight is 381 g/mol. The number of amides is 1. The average Bonchev–Trinajstić information content (AvgIpc) is 3.11. The maximum absolute atomic E-state index is 12.2. The molecule has 0 unspecified atom stereocenters. The van der Waals surface area contributed by atoms with E-state index in [2.05, 4.69) is 25.9 Å². The number of nitrogens with zero attached hydrogens (tertiary/aromatic N) is 4. The number of phenols is 1. The summed E-state index contributed by atoms with van der Waals surface area (Å²) in [5.41, 5.74) is 6.93. The Morgan fingerprint density at radius 3 is 2.78 bits per heavy atom. The van der Waals surface area contributed by atoms with E-state index >= 15 is 0 Å². The van der Waals surface area contributed by atoms with E-state index < -0.39 is 5.91 Å². The van der Waals surface area contributed by atoms with E-state index in [0.717, 1.165) is 5.69 Å². The molecule has 4 rings (SSSR count). The lowest BCUT2D eigenvalue weighted by molar-refractivity contribution is 0.0962. The summed E-state index contributed by atoms with van der Waals surface area (Å²) < 4.78 is 1.63. The fourth-order valence-corrected chi connectivity index (χ4v) is 2.76. The summed E-state index contributed by atoms with van der Waals surface area (Å²) in [4.78, 5) is 20.6. The lowest BCUT2D eigenvalue weighted by atomic mass is 10.2. The molecule has 0 bridgehead atoms. The minimum Gasteiger partial charge on any atom is -0.508 e. The van der Waals surface area contributed by atoms with E-state index in [-0.39, 0.29) is 5.75 Å².